The maximum Gasteiger partial charge on any atom is 0.430 e. The summed E-state index contributed by atoms with van der Waals surface area (Å²) < 4.78 is 10.6. The van der Waals surface area contributed by atoms with E-state index in [9.17, 15) is 34.6 Å². The smallest absolute Gasteiger partial charge is 0.430 e. The molecule has 160 valence electrons. The minimum absolute atomic E-state index is 0. The first-order valence-electron chi connectivity index (χ1n) is 8.65. The summed E-state index contributed by atoms with van der Waals surface area (Å²) in [5, 5.41) is 41.5. The number of aliphatic carboxylic acids is 1. The highest BCUT2D eigenvalue weighted by atomic mass is 16.6. The van der Waals surface area contributed by atoms with E-state index in [1.165, 1.54) is 11.0 Å². The highest BCUT2D eigenvalue weighted by molar-refractivity contribution is 6.59. The Labute approximate surface area is 166 Å². The van der Waals surface area contributed by atoms with Gasteiger partial charge in [0, 0.05) is 12.4 Å². The maximum atomic E-state index is 12.0. The van der Waals surface area contributed by atoms with Crippen molar-refractivity contribution in [2.24, 2.45) is 5.73 Å². The van der Waals surface area contributed by atoms with E-state index in [4.69, 9.17) is 15.1 Å². The van der Waals surface area contributed by atoms with E-state index in [1.54, 1.807) is 6.07 Å². The fourth-order valence-corrected chi connectivity index (χ4v) is 3.20. The number of hydrogen-bond acceptors (Lipinski definition) is 10. The monoisotopic (exact) mass is 409 g/mol. The molecule has 0 radical (unpaired) electrons. The van der Waals surface area contributed by atoms with Gasteiger partial charge in [0.05, 0.1) is 36.4 Å². The molecule has 0 bridgehead atoms. The topological polar surface area (TPSA) is 186 Å². The molecule has 2 heterocycles. The molecule has 12 heteroatoms. The van der Waals surface area contributed by atoms with Crippen molar-refractivity contribution in [3.8, 4) is 11.5 Å². The van der Waals surface area contributed by atoms with E-state index >= 15 is 0 Å². The quantitative estimate of drug-likeness (QED) is 0.400. The van der Waals surface area contributed by atoms with Gasteiger partial charge in [-0.05, 0) is 18.1 Å². The van der Waals surface area contributed by atoms with Crippen LogP contribution in [0.5, 0.6) is 11.5 Å². The van der Waals surface area contributed by atoms with Gasteiger partial charge in [0.1, 0.15) is 11.9 Å². The van der Waals surface area contributed by atoms with Crippen molar-refractivity contribution in [3.63, 3.8) is 0 Å². The number of carbonyl (C=O) groups is 3. The van der Waals surface area contributed by atoms with Gasteiger partial charge in [0.15, 0.2) is 0 Å². The third kappa shape index (κ3) is 4.78. The number of carboxylic acids is 2. The predicted molar refractivity (Wildman–Crippen MR) is 95.4 cm³/mol. The van der Waals surface area contributed by atoms with E-state index in [2.05, 4.69) is 0 Å². The molecule has 1 saturated heterocycles. The number of fused-ring (bicyclic) bond motifs is 1. The van der Waals surface area contributed by atoms with Gasteiger partial charge >= 0.3 is 6.75 Å². The number of ether oxygens (including phenoxy) is 1. The Balaban J connectivity index is 0.00000300. The predicted octanol–water partition coefficient (Wildman–Crippen LogP) is -3.40. The van der Waals surface area contributed by atoms with Gasteiger partial charge in [-0.2, -0.15) is 0 Å². The van der Waals surface area contributed by atoms with E-state index in [0.717, 1.165) is 0 Å². The Kier molecular flexibility index (Phi) is 6.41. The highest BCUT2D eigenvalue weighted by Crippen LogP contribution is 2.38. The molecule has 2 aliphatic heterocycles. The second kappa shape index (κ2) is 8.27. The standard InChI is InChI=1S/C16H20BN2O9.CH4/c18-10(5-12(20)21)15(22)19-6-9(7-19)27-11-2-1-8-3-4-17(25,26)28-14(8)13(11)16(23)24;/h1-2,9-10,25-26H,3-7,18H2,(H,20,21)(H,23,24);1H4/q-1;/p-2/t10-;/m1./s1. The number of likely N-dealkylation sites (tertiary alicyclic amines) is 1. The molecule has 0 spiro atoms. The SMILES string of the molecule is C.N[C@H](CC(=O)[O-])C(=O)N1CC(Oc2ccc3c(c2C(=O)[O-])O[B-](O)(O)CC3)C1. The van der Waals surface area contributed by atoms with Crippen LogP contribution >= 0.6 is 0 Å². The fourth-order valence-electron chi connectivity index (χ4n) is 3.20. The van der Waals surface area contributed by atoms with Gasteiger partial charge in [-0.15, -0.1) is 0 Å². The van der Waals surface area contributed by atoms with Crippen LogP contribution < -0.4 is 25.3 Å². The van der Waals surface area contributed by atoms with Crippen LogP contribution in [0, 0.1) is 0 Å². The number of nitrogens with two attached hydrogens (primary N) is 1. The summed E-state index contributed by atoms with van der Waals surface area (Å²) in [5.41, 5.74) is 5.53. The molecule has 11 nitrogen and oxygen atoms in total. The molecule has 1 amide bonds. The lowest BCUT2D eigenvalue weighted by molar-refractivity contribution is -0.306. The molecule has 2 aliphatic rings. The first-order valence-corrected chi connectivity index (χ1v) is 8.65. The van der Waals surface area contributed by atoms with E-state index in [1.807, 2.05) is 0 Å². The first kappa shape index (κ1) is 22.5. The minimum Gasteiger partial charge on any atom is -0.669 e. The van der Waals surface area contributed by atoms with Gasteiger partial charge in [0.25, 0.3) is 0 Å². The zero-order valence-corrected chi connectivity index (χ0v) is 14.7. The van der Waals surface area contributed by atoms with Gasteiger partial charge in [-0.25, -0.2) is 0 Å². The third-order valence-corrected chi connectivity index (χ3v) is 4.66. The lowest BCUT2D eigenvalue weighted by atomic mass is 9.70. The van der Waals surface area contributed by atoms with Crippen molar-refractivity contribution in [1.82, 2.24) is 4.90 Å². The number of aromatic carboxylic acids is 1. The molecular formula is C17H22BN2O9-3. The normalized spacial score (nSPS) is 18.4. The van der Waals surface area contributed by atoms with Crippen LogP contribution in [0.3, 0.4) is 0 Å². The summed E-state index contributed by atoms with van der Waals surface area (Å²) in [6, 6.07) is 1.74. The van der Waals surface area contributed by atoms with Crippen molar-refractivity contribution in [2.75, 3.05) is 13.1 Å². The molecule has 1 aromatic carbocycles. The Hall–Kier alpha value is -2.83. The molecule has 0 aromatic heterocycles. The van der Waals surface area contributed by atoms with Crippen LogP contribution in [0.2, 0.25) is 6.32 Å². The largest absolute Gasteiger partial charge is 0.669 e. The molecule has 4 N–H and O–H groups in total. The summed E-state index contributed by atoms with van der Waals surface area (Å²) >= 11 is 0. The van der Waals surface area contributed by atoms with Gasteiger partial charge in [-0.3, -0.25) is 4.79 Å². The number of nitrogens with zero attached hydrogens (tertiary/aromatic N) is 1. The Morgan fingerprint density at radius 2 is 1.97 bits per heavy atom. The second-order valence-electron chi connectivity index (χ2n) is 6.89. The van der Waals surface area contributed by atoms with Gasteiger partial charge in [-0.1, -0.05) is 19.8 Å². The average molecular weight is 409 g/mol. The molecule has 1 aromatic rings. The lowest BCUT2D eigenvalue weighted by Gasteiger charge is -2.41. The van der Waals surface area contributed by atoms with Crippen molar-refractivity contribution in [3.05, 3.63) is 23.3 Å². The van der Waals surface area contributed by atoms with E-state index < -0.39 is 48.7 Å². The Morgan fingerprint density at radius 1 is 1.31 bits per heavy atom. The summed E-state index contributed by atoms with van der Waals surface area (Å²) in [5.74, 6) is -3.93. The summed E-state index contributed by atoms with van der Waals surface area (Å²) in [6.07, 6.45) is -1.02. The number of carboxylic acid groups (broad SMARTS) is 2. The van der Waals surface area contributed by atoms with Crippen LogP contribution in [0.15, 0.2) is 12.1 Å². The molecule has 0 aliphatic carbocycles. The fraction of sp³-hybridized carbons (Fsp3) is 0.471. The second-order valence-corrected chi connectivity index (χ2v) is 6.89. The molecule has 29 heavy (non-hydrogen) atoms. The zero-order valence-electron chi connectivity index (χ0n) is 14.7. The number of amides is 1. The van der Waals surface area contributed by atoms with Crippen LogP contribution in [0.25, 0.3) is 0 Å². The molecular weight excluding hydrogens is 387 g/mol. The highest BCUT2D eigenvalue weighted by Gasteiger charge is 2.36. The van der Waals surface area contributed by atoms with Crippen LogP contribution in [0.4, 0.5) is 0 Å². The number of aryl methyl sites for hydroxylation is 1. The minimum atomic E-state index is -3.17. The third-order valence-electron chi connectivity index (χ3n) is 4.66. The number of rotatable bonds is 6. The van der Waals surface area contributed by atoms with Crippen molar-refractivity contribution < 1.29 is 44.0 Å². The average Bonchev–Trinajstić information content (AvgIpc) is 2.54. The number of hydrogen-bond donors (Lipinski definition) is 3. The molecule has 1 fully saturated rings. The number of benzene rings is 1. The Bertz CT molecular complexity index is 823. The lowest BCUT2D eigenvalue weighted by Crippen LogP contribution is -2.60. The zero-order chi connectivity index (χ0) is 20.6. The van der Waals surface area contributed by atoms with Gasteiger partial charge < -0.3 is 49.9 Å². The van der Waals surface area contributed by atoms with Crippen LogP contribution in [-0.4, -0.2) is 64.8 Å². The van der Waals surface area contributed by atoms with E-state index in [-0.39, 0.29) is 44.8 Å². The maximum absolute atomic E-state index is 12.0. The summed E-state index contributed by atoms with van der Waals surface area (Å²) in [6.45, 7) is -3.01. The molecule has 0 unspecified atom stereocenters. The van der Waals surface area contributed by atoms with Gasteiger partial charge in [0.2, 0.25) is 5.91 Å². The number of carbonyl (C=O) groups excluding carboxylic acids is 3. The van der Waals surface area contributed by atoms with Crippen molar-refractivity contribution in [2.45, 2.75) is 38.7 Å². The Morgan fingerprint density at radius 3 is 2.55 bits per heavy atom. The van der Waals surface area contributed by atoms with Crippen molar-refractivity contribution >= 4 is 24.6 Å². The molecule has 3 rings (SSSR count). The van der Waals surface area contributed by atoms with Crippen molar-refractivity contribution in [1.29, 1.82) is 0 Å². The summed E-state index contributed by atoms with van der Waals surface area (Å²) in [4.78, 5) is 35.4. The molecule has 1 atom stereocenters. The molecule has 0 saturated carbocycles. The van der Waals surface area contributed by atoms with Crippen LogP contribution in [-0.2, 0) is 16.0 Å². The van der Waals surface area contributed by atoms with Crippen LogP contribution in [0.1, 0.15) is 29.8 Å². The first-order chi connectivity index (χ1) is 13.1. The summed E-state index contributed by atoms with van der Waals surface area (Å²) in [7, 11) is 0. The van der Waals surface area contributed by atoms with E-state index in [0.29, 0.717) is 5.56 Å².